The molecule has 0 aliphatic carbocycles. The van der Waals surface area contributed by atoms with Gasteiger partial charge in [0.1, 0.15) is 17.1 Å². The molecule has 0 radical (unpaired) electrons. The number of thiophene rings is 1. The van der Waals surface area contributed by atoms with Gasteiger partial charge in [-0.2, -0.15) is 0 Å². The SMILES string of the molecule is Cc1c(-c2ncco2)sc2c1c(=O)n(C(C)C(=O)O)c(=O)n2CCOC(C)C. The summed E-state index contributed by atoms with van der Waals surface area (Å²) in [5.74, 6) is -0.919. The van der Waals surface area contributed by atoms with Gasteiger partial charge in [-0.1, -0.05) is 0 Å². The standard InChI is InChI=1S/C18H21N3O6S/c1-9(2)26-8-6-20-16-12(10(3)13(28-16)14-19-5-7-27-14)15(22)21(18(20)25)11(4)17(23)24/h5,7,9,11H,6,8H2,1-4H3,(H,23,24). The smallest absolute Gasteiger partial charge is 0.332 e. The zero-order chi connectivity index (χ0) is 20.6. The minimum atomic E-state index is -1.30. The Bertz CT molecular complexity index is 1120. The Morgan fingerprint density at radius 2 is 2.07 bits per heavy atom. The maximum atomic E-state index is 13.0. The normalized spacial score (nSPS) is 12.8. The van der Waals surface area contributed by atoms with Gasteiger partial charge in [-0.05, 0) is 33.3 Å². The lowest BCUT2D eigenvalue weighted by Crippen LogP contribution is -2.44. The minimum Gasteiger partial charge on any atom is -0.480 e. The summed E-state index contributed by atoms with van der Waals surface area (Å²) in [4.78, 5) is 42.7. The molecule has 1 atom stereocenters. The van der Waals surface area contributed by atoms with Crippen molar-refractivity contribution < 1.29 is 19.1 Å². The van der Waals surface area contributed by atoms with E-state index >= 15 is 0 Å². The first kappa shape index (κ1) is 20.0. The van der Waals surface area contributed by atoms with Gasteiger partial charge in [0.2, 0.25) is 5.89 Å². The van der Waals surface area contributed by atoms with E-state index < -0.39 is 23.3 Å². The van der Waals surface area contributed by atoms with Gasteiger partial charge in [-0.25, -0.2) is 19.1 Å². The monoisotopic (exact) mass is 407 g/mol. The van der Waals surface area contributed by atoms with Crippen LogP contribution in [-0.4, -0.2) is 37.9 Å². The first-order chi connectivity index (χ1) is 13.2. The largest absolute Gasteiger partial charge is 0.480 e. The number of carboxylic acid groups (broad SMARTS) is 1. The quantitative estimate of drug-likeness (QED) is 0.638. The molecule has 0 fully saturated rings. The second-order valence-electron chi connectivity index (χ2n) is 6.62. The molecule has 0 aliphatic rings. The van der Waals surface area contributed by atoms with E-state index in [-0.39, 0.29) is 24.6 Å². The molecule has 0 saturated carbocycles. The summed E-state index contributed by atoms with van der Waals surface area (Å²) >= 11 is 1.21. The molecule has 9 nitrogen and oxygen atoms in total. The zero-order valence-electron chi connectivity index (χ0n) is 16.0. The summed E-state index contributed by atoms with van der Waals surface area (Å²) in [6, 6.07) is -1.30. The number of oxazole rings is 1. The fourth-order valence-electron chi connectivity index (χ4n) is 2.93. The predicted octanol–water partition coefficient (Wildman–Crippen LogP) is 2.26. The summed E-state index contributed by atoms with van der Waals surface area (Å²) in [7, 11) is 0. The number of hydrogen-bond acceptors (Lipinski definition) is 7. The molecule has 1 unspecified atom stereocenters. The lowest BCUT2D eigenvalue weighted by molar-refractivity contribution is -0.140. The summed E-state index contributed by atoms with van der Waals surface area (Å²) < 4.78 is 13.1. The Hall–Kier alpha value is -2.72. The van der Waals surface area contributed by atoms with E-state index in [0.29, 0.717) is 21.2 Å². The Morgan fingerprint density at radius 3 is 2.64 bits per heavy atom. The fraction of sp³-hybridized carbons (Fsp3) is 0.444. The van der Waals surface area contributed by atoms with Crippen molar-refractivity contribution in [1.82, 2.24) is 14.1 Å². The molecule has 3 aromatic rings. The maximum absolute atomic E-state index is 13.0. The number of hydrogen-bond donors (Lipinski definition) is 1. The molecule has 28 heavy (non-hydrogen) atoms. The highest BCUT2D eigenvalue weighted by atomic mass is 32.1. The van der Waals surface area contributed by atoms with Crippen LogP contribution in [-0.2, 0) is 16.1 Å². The van der Waals surface area contributed by atoms with Crippen LogP contribution in [0.3, 0.4) is 0 Å². The molecule has 3 aromatic heterocycles. The van der Waals surface area contributed by atoms with Crippen LogP contribution < -0.4 is 11.2 Å². The second-order valence-corrected chi connectivity index (χ2v) is 7.62. The van der Waals surface area contributed by atoms with Crippen LogP contribution in [0.4, 0.5) is 0 Å². The van der Waals surface area contributed by atoms with Crippen molar-refractivity contribution in [2.75, 3.05) is 6.61 Å². The molecule has 0 amide bonds. The number of rotatable bonds is 7. The van der Waals surface area contributed by atoms with Crippen molar-refractivity contribution >= 4 is 27.5 Å². The number of ether oxygens (including phenoxy) is 1. The molecule has 0 saturated heterocycles. The third kappa shape index (κ3) is 3.40. The predicted molar refractivity (Wildman–Crippen MR) is 104 cm³/mol. The molecule has 150 valence electrons. The highest BCUT2D eigenvalue weighted by molar-refractivity contribution is 7.22. The number of aryl methyl sites for hydroxylation is 1. The van der Waals surface area contributed by atoms with Gasteiger partial charge >= 0.3 is 11.7 Å². The van der Waals surface area contributed by atoms with E-state index in [0.717, 1.165) is 4.57 Å². The van der Waals surface area contributed by atoms with Gasteiger partial charge in [0.05, 0.1) is 35.7 Å². The number of nitrogens with zero attached hydrogens (tertiary/aromatic N) is 3. The lowest BCUT2D eigenvalue weighted by atomic mass is 10.2. The fourth-order valence-corrected chi connectivity index (χ4v) is 4.19. The van der Waals surface area contributed by atoms with Gasteiger partial charge in [-0.15, -0.1) is 11.3 Å². The van der Waals surface area contributed by atoms with Crippen LogP contribution in [0.2, 0.25) is 0 Å². The molecule has 0 aromatic carbocycles. The number of aliphatic carboxylic acids is 1. The average Bonchev–Trinajstić information content (AvgIpc) is 3.25. The molecule has 1 N–H and O–H groups in total. The van der Waals surface area contributed by atoms with Crippen LogP contribution >= 0.6 is 11.3 Å². The zero-order valence-corrected chi connectivity index (χ0v) is 16.8. The van der Waals surface area contributed by atoms with Crippen LogP contribution in [0.1, 0.15) is 32.4 Å². The third-order valence-electron chi connectivity index (χ3n) is 4.38. The number of carbonyl (C=O) groups is 1. The van der Waals surface area contributed by atoms with E-state index in [4.69, 9.17) is 9.15 Å². The van der Waals surface area contributed by atoms with Crippen molar-refractivity contribution in [3.63, 3.8) is 0 Å². The molecule has 3 rings (SSSR count). The van der Waals surface area contributed by atoms with Crippen molar-refractivity contribution in [2.24, 2.45) is 0 Å². The van der Waals surface area contributed by atoms with Gasteiger partial charge in [0, 0.05) is 0 Å². The first-order valence-electron chi connectivity index (χ1n) is 8.76. The minimum absolute atomic E-state index is 0.0250. The molecular weight excluding hydrogens is 386 g/mol. The molecule has 0 spiro atoms. The Kier molecular flexibility index (Phi) is 5.52. The number of carboxylic acids is 1. The van der Waals surface area contributed by atoms with E-state index in [9.17, 15) is 19.5 Å². The van der Waals surface area contributed by atoms with Crippen molar-refractivity contribution in [2.45, 2.75) is 46.4 Å². The number of fused-ring (bicyclic) bond motifs is 1. The summed E-state index contributed by atoms with van der Waals surface area (Å²) in [6.45, 7) is 7.23. The molecule has 3 heterocycles. The van der Waals surface area contributed by atoms with Gasteiger partial charge in [0.25, 0.3) is 5.56 Å². The van der Waals surface area contributed by atoms with Crippen LogP contribution in [0.25, 0.3) is 21.0 Å². The first-order valence-corrected chi connectivity index (χ1v) is 9.58. The van der Waals surface area contributed by atoms with E-state index in [1.54, 1.807) is 6.92 Å². The Morgan fingerprint density at radius 1 is 1.36 bits per heavy atom. The van der Waals surface area contributed by atoms with E-state index in [1.165, 1.54) is 35.3 Å². The van der Waals surface area contributed by atoms with Crippen molar-refractivity contribution in [3.8, 4) is 10.8 Å². The summed E-state index contributed by atoms with van der Waals surface area (Å²) in [6.07, 6.45) is 2.89. The maximum Gasteiger partial charge on any atom is 0.332 e. The Balaban J connectivity index is 2.31. The average molecular weight is 407 g/mol. The van der Waals surface area contributed by atoms with Crippen molar-refractivity contribution in [3.05, 3.63) is 38.9 Å². The summed E-state index contributed by atoms with van der Waals surface area (Å²) in [5.41, 5.74) is -0.722. The van der Waals surface area contributed by atoms with Crippen molar-refractivity contribution in [1.29, 1.82) is 0 Å². The van der Waals surface area contributed by atoms with Gasteiger partial charge < -0.3 is 14.3 Å². The van der Waals surface area contributed by atoms with Crippen LogP contribution in [0.5, 0.6) is 0 Å². The third-order valence-corrected chi connectivity index (χ3v) is 5.68. The highest BCUT2D eigenvalue weighted by Crippen LogP contribution is 2.35. The molecule has 0 aliphatic heterocycles. The second kappa shape index (κ2) is 7.72. The molecule has 0 bridgehead atoms. The Labute approximate surface area is 163 Å². The van der Waals surface area contributed by atoms with Crippen LogP contribution in [0.15, 0.2) is 26.5 Å². The molecule has 10 heteroatoms. The van der Waals surface area contributed by atoms with Gasteiger partial charge in [0.15, 0.2) is 0 Å². The van der Waals surface area contributed by atoms with Gasteiger partial charge in [-0.3, -0.25) is 9.36 Å². The van der Waals surface area contributed by atoms with E-state index in [1.807, 2.05) is 13.8 Å². The van der Waals surface area contributed by atoms with Crippen LogP contribution in [0, 0.1) is 6.92 Å². The molecular formula is C18H21N3O6S. The summed E-state index contributed by atoms with van der Waals surface area (Å²) in [5, 5.41) is 9.65. The topological polar surface area (TPSA) is 117 Å². The lowest BCUT2D eigenvalue weighted by Gasteiger charge is -2.15. The highest BCUT2D eigenvalue weighted by Gasteiger charge is 2.26. The van der Waals surface area contributed by atoms with E-state index in [2.05, 4.69) is 4.98 Å². The number of aromatic nitrogens is 3.